The van der Waals surface area contributed by atoms with Crippen LogP contribution in [0.3, 0.4) is 0 Å². The van der Waals surface area contributed by atoms with E-state index in [4.69, 9.17) is 9.26 Å². The number of hydrogen-bond donors (Lipinski definition) is 1. The molecule has 1 saturated heterocycles. The van der Waals surface area contributed by atoms with E-state index in [-0.39, 0.29) is 0 Å². The van der Waals surface area contributed by atoms with Gasteiger partial charge in [-0.05, 0) is 38.1 Å². The molecule has 1 aromatic rings. The molecule has 3 atom stereocenters. The quantitative estimate of drug-likeness (QED) is 0.874. The number of ether oxygens (including phenoxy) is 1. The van der Waals surface area contributed by atoms with Gasteiger partial charge in [0.1, 0.15) is 0 Å². The Labute approximate surface area is 126 Å². The molecule has 0 amide bonds. The summed E-state index contributed by atoms with van der Waals surface area (Å²) >= 11 is 0. The third-order valence-electron chi connectivity index (χ3n) is 4.72. The molecule has 5 nitrogen and oxygen atoms in total. The highest BCUT2D eigenvalue weighted by Crippen LogP contribution is 2.32. The number of hydrogen-bond acceptors (Lipinski definition) is 5. The van der Waals surface area contributed by atoms with Crippen molar-refractivity contribution in [1.29, 1.82) is 0 Å². The van der Waals surface area contributed by atoms with Crippen LogP contribution in [0.15, 0.2) is 4.52 Å². The maximum atomic E-state index is 5.58. The van der Waals surface area contributed by atoms with Gasteiger partial charge in [0.2, 0.25) is 5.89 Å². The van der Waals surface area contributed by atoms with Crippen LogP contribution >= 0.6 is 0 Å². The van der Waals surface area contributed by atoms with Gasteiger partial charge in [0, 0.05) is 25.7 Å². The van der Waals surface area contributed by atoms with Crippen molar-refractivity contribution in [2.45, 2.75) is 63.8 Å². The lowest BCUT2D eigenvalue weighted by Gasteiger charge is -2.29. The van der Waals surface area contributed by atoms with Crippen molar-refractivity contribution in [1.82, 2.24) is 15.5 Å². The van der Waals surface area contributed by atoms with E-state index in [0.717, 1.165) is 50.7 Å². The first-order valence-electron chi connectivity index (χ1n) is 8.50. The van der Waals surface area contributed by atoms with Crippen LogP contribution in [-0.4, -0.2) is 35.9 Å². The topological polar surface area (TPSA) is 60.2 Å². The van der Waals surface area contributed by atoms with Crippen molar-refractivity contribution in [3.63, 3.8) is 0 Å². The average Bonchev–Trinajstić information content (AvgIpc) is 3.18. The van der Waals surface area contributed by atoms with Gasteiger partial charge in [-0.3, -0.25) is 0 Å². The Bertz CT molecular complexity index is 429. The largest absolute Gasteiger partial charge is 0.381 e. The molecule has 1 aliphatic heterocycles. The van der Waals surface area contributed by atoms with Crippen LogP contribution in [0.1, 0.15) is 63.1 Å². The molecule has 3 unspecified atom stereocenters. The summed E-state index contributed by atoms with van der Waals surface area (Å²) in [5.74, 6) is 2.67. The molecule has 2 aliphatic rings. The van der Waals surface area contributed by atoms with Gasteiger partial charge in [0.25, 0.3) is 0 Å². The van der Waals surface area contributed by atoms with Crippen molar-refractivity contribution in [3.8, 4) is 0 Å². The fourth-order valence-corrected chi connectivity index (χ4v) is 3.50. The second-order valence-electron chi connectivity index (χ2n) is 6.43. The van der Waals surface area contributed by atoms with Crippen molar-refractivity contribution >= 4 is 0 Å². The van der Waals surface area contributed by atoms with Gasteiger partial charge in [-0.2, -0.15) is 4.98 Å². The molecule has 1 aliphatic carbocycles. The maximum Gasteiger partial charge on any atom is 0.231 e. The smallest absolute Gasteiger partial charge is 0.231 e. The number of rotatable bonds is 6. The van der Waals surface area contributed by atoms with E-state index in [0.29, 0.717) is 17.9 Å². The Morgan fingerprint density at radius 2 is 2.14 bits per heavy atom. The molecule has 1 aromatic heterocycles. The summed E-state index contributed by atoms with van der Waals surface area (Å²) in [6.45, 7) is 5.00. The molecule has 0 bridgehead atoms. The molecule has 21 heavy (non-hydrogen) atoms. The van der Waals surface area contributed by atoms with Crippen LogP contribution in [0.5, 0.6) is 0 Å². The van der Waals surface area contributed by atoms with E-state index >= 15 is 0 Å². The highest BCUT2D eigenvalue weighted by atomic mass is 16.5. The maximum absolute atomic E-state index is 5.58. The van der Waals surface area contributed by atoms with Gasteiger partial charge in [0.15, 0.2) is 5.82 Å². The lowest BCUT2D eigenvalue weighted by molar-refractivity contribution is 0.185. The first-order chi connectivity index (χ1) is 10.4. The van der Waals surface area contributed by atoms with Gasteiger partial charge in [-0.25, -0.2) is 0 Å². The highest BCUT2D eigenvalue weighted by Gasteiger charge is 2.30. The average molecular weight is 293 g/mol. The second kappa shape index (κ2) is 7.36. The summed E-state index contributed by atoms with van der Waals surface area (Å²) in [6.07, 6.45) is 8.13. The normalized spacial score (nSPS) is 29.9. The van der Waals surface area contributed by atoms with Crippen LogP contribution in [0.2, 0.25) is 0 Å². The predicted molar refractivity (Wildman–Crippen MR) is 80.2 cm³/mol. The molecular formula is C16H27N3O2. The SMILES string of the molecule is CCCNC1CCCCC1c1nc(CC2CCOC2)no1. The monoisotopic (exact) mass is 293 g/mol. The molecule has 1 N–H and O–H groups in total. The van der Waals surface area contributed by atoms with E-state index in [1.807, 2.05) is 0 Å². The first-order valence-corrected chi connectivity index (χ1v) is 8.50. The fraction of sp³-hybridized carbons (Fsp3) is 0.875. The standard InChI is InChI=1S/C16H27N3O2/c1-2-8-17-14-6-4-3-5-13(14)16-18-15(19-21-16)10-12-7-9-20-11-12/h12-14,17H,2-11H2,1H3. The Hall–Kier alpha value is -0.940. The van der Waals surface area contributed by atoms with Crippen molar-refractivity contribution < 1.29 is 9.26 Å². The summed E-state index contributed by atoms with van der Waals surface area (Å²) in [5.41, 5.74) is 0. The third-order valence-corrected chi connectivity index (χ3v) is 4.72. The highest BCUT2D eigenvalue weighted by molar-refractivity contribution is 5.02. The van der Waals surface area contributed by atoms with E-state index in [1.165, 1.54) is 25.7 Å². The van der Waals surface area contributed by atoms with Crippen LogP contribution in [0.25, 0.3) is 0 Å². The van der Waals surface area contributed by atoms with E-state index in [2.05, 4.69) is 22.4 Å². The molecule has 2 heterocycles. The van der Waals surface area contributed by atoms with E-state index < -0.39 is 0 Å². The zero-order valence-electron chi connectivity index (χ0n) is 13.0. The van der Waals surface area contributed by atoms with Crippen molar-refractivity contribution in [2.75, 3.05) is 19.8 Å². The summed E-state index contributed by atoms with van der Waals surface area (Å²) in [7, 11) is 0. The Balaban J connectivity index is 1.62. The Morgan fingerprint density at radius 3 is 2.95 bits per heavy atom. The predicted octanol–water partition coefficient (Wildman–Crippen LogP) is 2.67. The summed E-state index contributed by atoms with van der Waals surface area (Å²) in [6, 6.07) is 0.502. The van der Waals surface area contributed by atoms with Gasteiger partial charge in [-0.1, -0.05) is 24.9 Å². The van der Waals surface area contributed by atoms with Gasteiger partial charge in [0.05, 0.1) is 5.92 Å². The van der Waals surface area contributed by atoms with Crippen molar-refractivity contribution in [2.24, 2.45) is 5.92 Å². The number of nitrogens with one attached hydrogen (secondary N) is 1. The minimum atomic E-state index is 0.395. The number of aromatic nitrogens is 2. The van der Waals surface area contributed by atoms with E-state index in [9.17, 15) is 0 Å². The zero-order chi connectivity index (χ0) is 14.5. The Morgan fingerprint density at radius 1 is 1.24 bits per heavy atom. The summed E-state index contributed by atoms with van der Waals surface area (Å²) in [4.78, 5) is 4.68. The molecular weight excluding hydrogens is 266 g/mol. The van der Waals surface area contributed by atoms with E-state index in [1.54, 1.807) is 0 Å². The van der Waals surface area contributed by atoms with Crippen LogP contribution < -0.4 is 5.32 Å². The molecule has 118 valence electrons. The molecule has 0 spiro atoms. The van der Waals surface area contributed by atoms with Gasteiger partial charge < -0.3 is 14.6 Å². The Kier molecular flexibility index (Phi) is 5.25. The summed E-state index contributed by atoms with van der Waals surface area (Å²) < 4.78 is 11.0. The second-order valence-corrected chi connectivity index (χ2v) is 6.43. The minimum absolute atomic E-state index is 0.395. The van der Waals surface area contributed by atoms with Crippen LogP contribution in [-0.2, 0) is 11.2 Å². The molecule has 3 rings (SSSR count). The fourth-order valence-electron chi connectivity index (χ4n) is 3.50. The minimum Gasteiger partial charge on any atom is -0.381 e. The van der Waals surface area contributed by atoms with Crippen molar-refractivity contribution in [3.05, 3.63) is 11.7 Å². The van der Waals surface area contributed by atoms with Gasteiger partial charge in [-0.15, -0.1) is 0 Å². The molecule has 1 saturated carbocycles. The lowest BCUT2D eigenvalue weighted by atomic mass is 9.84. The molecule has 0 aromatic carbocycles. The third kappa shape index (κ3) is 3.83. The zero-order valence-corrected chi connectivity index (χ0v) is 13.0. The first kappa shape index (κ1) is 15.0. The summed E-state index contributed by atoms with van der Waals surface area (Å²) in [5, 5.41) is 7.85. The molecule has 5 heteroatoms. The van der Waals surface area contributed by atoms with Crippen LogP contribution in [0.4, 0.5) is 0 Å². The van der Waals surface area contributed by atoms with Crippen LogP contribution in [0, 0.1) is 5.92 Å². The number of nitrogens with zero attached hydrogens (tertiary/aromatic N) is 2. The lowest BCUT2D eigenvalue weighted by Crippen LogP contribution is -2.37. The molecule has 2 fully saturated rings. The molecule has 0 radical (unpaired) electrons. The van der Waals surface area contributed by atoms with Gasteiger partial charge >= 0.3 is 0 Å².